The molecule has 0 aliphatic heterocycles. The van der Waals surface area contributed by atoms with Crippen LogP contribution in [-0.4, -0.2) is 17.3 Å². The average molecular weight is 225 g/mol. The van der Waals surface area contributed by atoms with E-state index >= 15 is 0 Å². The van der Waals surface area contributed by atoms with Gasteiger partial charge in [0.2, 0.25) is 0 Å². The third-order valence-corrected chi connectivity index (χ3v) is 2.74. The number of nitrogens with two attached hydrogens (primary N) is 1. The lowest BCUT2D eigenvalue weighted by molar-refractivity contribution is 0.227. The van der Waals surface area contributed by atoms with Crippen molar-refractivity contribution in [2.24, 2.45) is 5.73 Å². The molecule has 0 amide bonds. The standard InChI is InChI=1S/C14H27NO/c1-5-6-8-11(2)14(13(4)16)10-7-9-12(3)15/h7,9,12-13,16H,5-6,8,10,15H2,1-4H3/b9-7-,14-11-. The van der Waals surface area contributed by atoms with Gasteiger partial charge in [0.15, 0.2) is 0 Å². The number of aliphatic hydroxyl groups excluding tert-OH is 1. The summed E-state index contributed by atoms with van der Waals surface area (Å²) in [6.45, 7) is 8.10. The van der Waals surface area contributed by atoms with Gasteiger partial charge in [-0.2, -0.15) is 0 Å². The first-order valence-corrected chi connectivity index (χ1v) is 6.27. The van der Waals surface area contributed by atoms with Crippen LogP contribution in [0, 0.1) is 0 Å². The number of rotatable bonds is 7. The Hall–Kier alpha value is -0.600. The second kappa shape index (κ2) is 8.54. The molecule has 0 radical (unpaired) electrons. The maximum atomic E-state index is 9.72. The molecule has 0 saturated heterocycles. The van der Waals surface area contributed by atoms with Gasteiger partial charge >= 0.3 is 0 Å². The van der Waals surface area contributed by atoms with Crippen molar-refractivity contribution in [3.63, 3.8) is 0 Å². The summed E-state index contributed by atoms with van der Waals surface area (Å²) in [5.74, 6) is 0. The van der Waals surface area contributed by atoms with Gasteiger partial charge in [0.05, 0.1) is 6.10 Å². The van der Waals surface area contributed by atoms with E-state index in [4.69, 9.17) is 5.73 Å². The van der Waals surface area contributed by atoms with Crippen LogP contribution < -0.4 is 5.73 Å². The molecule has 0 rings (SSSR count). The topological polar surface area (TPSA) is 46.2 Å². The van der Waals surface area contributed by atoms with Crippen LogP contribution in [0.1, 0.15) is 53.4 Å². The summed E-state index contributed by atoms with van der Waals surface area (Å²) in [4.78, 5) is 0. The van der Waals surface area contributed by atoms with Crippen LogP contribution >= 0.6 is 0 Å². The Morgan fingerprint density at radius 2 is 2.00 bits per heavy atom. The van der Waals surface area contributed by atoms with E-state index in [1.165, 1.54) is 18.4 Å². The lowest BCUT2D eigenvalue weighted by Gasteiger charge is -2.13. The zero-order valence-corrected chi connectivity index (χ0v) is 11.2. The molecule has 3 N–H and O–H groups in total. The van der Waals surface area contributed by atoms with Crippen LogP contribution in [-0.2, 0) is 0 Å². The van der Waals surface area contributed by atoms with Crippen molar-refractivity contribution >= 4 is 0 Å². The van der Waals surface area contributed by atoms with Crippen molar-refractivity contribution < 1.29 is 5.11 Å². The molecule has 0 aromatic rings. The predicted molar refractivity (Wildman–Crippen MR) is 71.3 cm³/mol. The van der Waals surface area contributed by atoms with Crippen LogP contribution in [0.5, 0.6) is 0 Å². The fourth-order valence-corrected chi connectivity index (χ4v) is 1.71. The third-order valence-electron chi connectivity index (χ3n) is 2.74. The lowest BCUT2D eigenvalue weighted by atomic mass is 9.97. The summed E-state index contributed by atoms with van der Waals surface area (Å²) in [5.41, 5.74) is 8.11. The number of hydrogen-bond acceptors (Lipinski definition) is 2. The van der Waals surface area contributed by atoms with E-state index in [1.807, 2.05) is 19.9 Å². The molecule has 0 aliphatic rings. The highest BCUT2D eigenvalue weighted by molar-refractivity contribution is 5.19. The first kappa shape index (κ1) is 15.4. The minimum Gasteiger partial charge on any atom is -0.389 e. The summed E-state index contributed by atoms with van der Waals surface area (Å²) in [6, 6.07) is 0.0891. The van der Waals surface area contributed by atoms with Gasteiger partial charge in [-0.15, -0.1) is 0 Å². The maximum Gasteiger partial charge on any atom is 0.0727 e. The molecule has 2 nitrogen and oxygen atoms in total. The van der Waals surface area contributed by atoms with Gasteiger partial charge in [-0.3, -0.25) is 0 Å². The van der Waals surface area contributed by atoms with E-state index < -0.39 is 0 Å². The van der Waals surface area contributed by atoms with Crippen LogP contribution in [0.4, 0.5) is 0 Å². The molecule has 16 heavy (non-hydrogen) atoms. The monoisotopic (exact) mass is 225 g/mol. The Balaban J connectivity index is 4.47. The molecule has 2 atom stereocenters. The predicted octanol–water partition coefficient (Wildman–Crippen LogP) is 3.17. The van der Waals surface area contributed by atoms with Gasteiger partial charge in [-0.05, 0) is 45.6 Å². The molecule has 2 heteroatoms. The van der Waals surface area contributed by atoms with Crippen molar-refractivity contribution in [1.82, 2.24) is 0 Å². The van der Waals surface area contributed by atoms with E-state index in [9.17, 15) is 5.11 Å². The molecular weight excluding hydrogens is 198 g/mol. The van der Waals surface area contributed by atoms with Gasteiger partial charge in [-0.1, -0.05) is 31.1 Å². The minimum atomic E-state index is -0.352. The summed E-state index contributed by atoms with van der Waals surface area (Å²) in [7, 11) is 0. The zero-order chi connectivity index (χ0) is 12.6. The molecule has 0 heterocycles. The van der Waals surface area contributed by atoms with Crippen molar-refractivity contribution in [1.29, 1.82) is 0 Å². The van der Waals surface area contributed by atoms with Gasteiger partial charge < -0.3 is 10.8 Å². The Bertz CT molecular complexity index is 239. The highest BCUT2D eigenvalue weighted by Gasteiger charge is 2.07. The van der Waals surface area contributed by atoms with Crippen molar-refractivity contribution in [2.45, 2.75) is 65.5 Å². The van der Waals surface area contributed by atoms with E-state index in [1.54, 1.807) is 0 Å². The van der Waals surface area contributed by atoms with E-state index in [0.29, 0.717) is 0 Å². The number of unbranched alkanes of at least 4 members (excludes halogenated alkanes) is 1. The first-order valence-electron chi connectivity index (χ1n) is 6.27. The van der Waals surface area contributed by atoms with Gasteiger partial charge in [0, 0.05) is 6.04 Å². The quantitative estimate of drug-likeness (QED) is 0.654. The molecule has 2 unspecified atom stereocenters. The Morgan fingerprint density at radius 1 is 1.38 bits per heavy atom. The van der Waals surface area contributed by atoms with Gasteiger partial charge in [0.1, 0.15) is 0 Å². The van der Waals surface area contributed by atoms with Crippen LogP contribution in [0.2, 0.25) is 0 Å². The van der Waals surface area contributed by atoms with Gasteiger partial charge in [-0.25, -0.2) is 0 Å². The Morgan fingerprint density at radius 3 is 2.44 bits per heavy atom. The smallest absolute Gasteiger partial charge is 0.0727 e. The second-order valence-corrected chi connectivity index (χ2v) is 4.58. The highest BCUT2D eigenvalue weighted by atomic mass is 16.3. The van der Waals surface area contributed by atoms with E-state index in [2.05, 4.69) is 19.9 Å². The summed E-state index contributed by atoms with van der Waals surface area (Å²) in [5, 5.41) is 9.72. The molecule has 0 aliphatic carbocycles. The molecule has 0 saturated carbocycles. The van der Waals surface area contributed by atoms with Crippen LogP contribution in [0.3, 0.4) is 0 Å². The van der Waals surface area contributed by atoms with Gasteiger partial charge in [0.25, 0.3) is 0 Å². The van der Waals surface area contributed by atoms with E-state index in [-0.39, 0.29) is 12.1 Å². The zero-order valence-electron chi connectivity index (χ0n) is 11.2. The Labute approximate surface area is 100 Å². The number of allylic oxidation sites excluding steroid dienone is 2. The van der Waals surface area contributed by atoms with Crippen molar-refractivity contribution in [3.8, 4) is 0 Å². The fourth-order valence-electron chi connectivity index (χ4n) is 1.71. The molecule has 0 bridgehead atoms. The summed E-state index contributed by atoms with van der Waals surface area (Å²) < 4.78 is 0. The van der Waals surface area contributed by atoms with Crippen LogP contribution in [0.25, 0.3) is 0 Å². The second-order valence-electron chi connectivity index (χ2n) is 4.58. The first-order chi connectivity index (χ1) is 7.49. The molecular formula is C14H27NO. The fraction of sp³-hybridized carbons (Fsp3) is 0.714. The highest BCUT2D eigenvalue weighted by Crippen LogP contribution is 2.19. The maximum absolute atomic E-state index is 9.72. The molecule has 94 valence electrons. The normalized spacial score (nSPS) is 17.4. The average Bonchev–Trinajstić information content (AvgIpc) is 2.20. The van der Waals surface area contributed by atoms with E-state index in [0.717, 1.165) is 18.4 Å². The third kappa shape index (κ3) is 6.81. The van der Waals surface area contributed by atoms with Crippen molar-refractivity contribution in [2.75, 3.05) is 0 Å². The number of hydrogen-bond donors (Lipinski definition) is 2. The minimum absolute atomic E-state index is 0.0891. The van der Waals surface area contributed by atoms with Crippen LogP contribution in [0.15, 0.2) is 23.3 Å². The molecule has 0 aromatic carbocycles. The Kier molecular flexibility index (Phi) is 8.22. The summed E-state index contributed by atoms with van der Waals surface area (Å²) >= 11 is 0. The molecule has 0 spiro atoms. The molecule has 0 aromatic heterocycles. The lowest BCUT2D eigenvalue weighted by Crippen LogP contribution is -2.11. The summed E-state index contributed by atoms with van der Waals surface area (Å²) in [6.07, 6.45) is 7.98. The number of aliphatic hydroxyl groups is 1. The van der Waals surface area contributed by atoms with Crippen molar-refractivity contribution in [3.05, 3.63) is 23.3 Å². The largest absolute Gasteiger partial charge is 0.389 e. The SMILES string of the molecule is CCCC/C(C)=C(/C/C=C\C(C)N)C(C)O. The molecule has 0 fully saturated rings.